The maximum atomic E-state index is 12.6. The van der Waals surface area contributed by atoms with E-state index in [9.17, 15) is 13.2 Å². The minimum Gasteiger partial charge on any atom is -0.301 e. The van der Waals surface area contributed by atoms with E-state index in [4.69, 9.17) is 0 Å². The third-order valence-electron chi connectivity index (χ3n) is 2.86. The van der Waals surface area contributed by atoms with Crippen LogP contribution in [-0.2, 0) is 11.5 Å². The number of imidazole rings is 1. The average Bonchev–Trinajstić information content (AvgIpc) is 3.02. The number of halogens is 4. The van der Waals surface area contributed by atoms with Crippen LogP contribution in [0.15, 0.2) is 36.8 Å². The van der Waals surface area contributed by atoms with Crippen molar-refractivity contribution in [3.8, 4) is 5.82 Å². The lowest BCUT2D eigenvalue weighted by atomic mass is 10.3. The minimum atomic E-state index is -4.41. The van der Waals surface area contributed by atoms with Crippen LogP contribution in [0, 0.1) is 0 Å². The van der Waals surface area contributed by atoms with Crippen molar-refractivity contribution < 1.29 is 13.2 Å². The van der Waals surface area contributed by atoms with Gasteiger partial charge in [-0.05, 0) is 12.1 Å². The van der Waals surface area contributed by atoms with Crippen LogP contribution in [0.4, 0.5) is 13.2 Å². The summed E-state index contributed by atoms with van der Waals surface area (Å²) in [5.74, 6) is 0.378. The van der Waals surface area contributed by atoms with Crippen molar-refractivity contribution in [2.75, 3.05) is 0 Å². The molecule has 0 saturated carbocycles. The molecular weight excluding hydrogens is 337 g/mol. The Labute approximate surface area is 120 Å². The van der Waals surface area contributed by atoms with E-state index in [1.54, 1.807) is 16.7 Å². The zero-order chi connectivity index (χ0) is 14.3. The highest BCUT2D eigenvalue weighted by atomic mass is 79.9. The van der Waals surface area contributed by atoms with Crippen LogP contribution < -0.4 is 0 Å². The lowest BCUT2D eigenvalue weighted by Crippen LogP contribution is -2.03. The largest absolute Gasteiger partial charge is 0.419 e. The Morgan fingerprint density at radius 3 is 2.70 bits per heavy atom. The summed E-state index contributed by atoms with van der Waals surface area (Å²) in [6.07, 6.45) is -0.876. The summed E-state index contributed by atoms with van der Waals surface area (Å²) < 4.78 is 40.8. The minimum absolute atomic E-state index is 0.378. The molecule has 8 heteroatoms. The third-order valence-corrected chi connectivity index (χ3v) is 3.39. The highest BCUT2D eigenvalue weighted by molar-refractivity contribution is 9.08. The van der Waals surface area contributed by atoms with E-state index >= 15 is 0 Å². The molecule has 0 unspecified atom stereocenters. The molecular formula is C12H8BrF3N4. The molecule has 0 aliphatic heterocycles. The summed E-state index contributed by atoms with van der Waals surface area (Å²) in [5, 5.41) is 4.21. The molecule has 0 spiro atoms. The van der Waals surface area contributed by atoms with Crippen molar-refractivity contribution in [1.29, 1.82) is 0 Å². The molecule has 0 fully saturated rings. The van der Waals surface area contributed by atoms with Gasteiger partial charge in [-0.2, -0.15) is 18.3 Å². The molecule has 3 aromatic heterocycles. The van der Waals surface area contributed by atoms with Gasteiger partial charge in [0.2, 0.25) is 0 Å². The fourth-order valence-corrected chi connectivity index (χ4v) is 2.45. The first-order chi connectivity index (χ1) is 9.50. The van der Waals surface area contributed by atoms with Crippen LogP contribution in [0.25, 0.3) is 11.5 Å². The first kappa shape index (κ1) is 13.2. The van der Waals surface area contributed by atoms with Crippen LogP contribution in [0.1, 0.15) is 11.3 Å². The molecule has 3 heterocycles. The second kappa shape index (κ2) is 4.62. The monoisotopic (exact) mass is 344 g/mol. The van der Waals surface area contributed by atoms with E-state index in [-0.39, 0.29) is 0 Å². The van der Waals surface area contributed by atoms with Gasteiger partial charge in [0.05, 0.1) is 17.5 Å². The van der Waals surface area contributed by atoms with Gasteiger partial charge in [0, 0.05) is 17.7 Å². The standard InChI is InChI=1S/C12H8BrF3N4/c13-5-9-11(18-10-3-1-2-4-19(9)10)20-7-8(6-17-20)12(14,15)16/h1-4,6-7H,5H2. The maximum absolute atomic E-state index is 12.6. The highest BCUT2D eigenvalue weighted by Crippen LogP contribution is 2.29. The number of aromatic nitrogens is 4. The molecule has 0 saturated heterocycles. The number of fused-ring (bicyclic) bond motifs is 1. The molecule has 0 bridgehead atoms. The second-order valence-electron chi connectivity index (χ2n) is 4.12. The second-order valence-corrected chi connectivity index (χ2v) is 4.68. The summed E-state index contributed by atoms with van der Waals surface area (Å²) in [4.78, 5) is 4.32. The van der Waals surface area contributed by atoms with Crippen molar-refractivity contribution in [2.45, 2.75) is 11.5 Å². The van der Waals surface area contributed by atoms with Gasteiger partial charge >= 0.3 is 6.18 Å². The smallest absolute Gasteiger partial charge is 0.301 e. The predicted octanol–water partition coefficient (Wildman–Crippen LogP) is 3.43. The summed E-state index contributed by atoms with van der Waals surface area (Å²) in [5.41, 5.74) is 0.591. The van der Waals surface area contributed by atoms with E-state index in [1.807, 2.05) is 12.1 Å². The van der Waals surface area contributed by atoms with Gasteiger partial charge in [-0.3, -0.25) is 0 Å². The first-order valence-electron chi connectivity index (χ1n) is 5.65. The predicted molar refractivity (Wildman–Crippen MR) is 69.9 cm³/mol. The number of pyridine rings is 1. The summed E-state index contributed by atoms with van der Waals surface area (Å²) in [6, 6.07) is 5.42. The SMILES string of the molecule is FC(F)(F)c1cnn(-c2nc3ccccn3c2CBr)c1. The zero-order valence-corrected chi connectivity index (χ0v) is 11.6. The molecule has 4 nitrogen and oxygen atoms in total. The number of nitrogens with zero attached hydrogens (tertiary/aromatic N) is 4. The van der Waals surface area contributed by atoms with Crippen molar-refractivity contribution in [2.24, 2.45) is 0 Å². The normalized spacial score (nSPS) is 12.2. The Hall–Kier alpha value is -1.83. The van der Waals surface area contributed by atoms with Crippen LogP contribution in [0.3, 0.4) is 0 Å². The van der Waals surface area contributed by atoms with E-state index in [2.05, 4.69) is 26.0 Å². The highest BCUT2D eigenvalue weighted by Gasteiger charge is 2.32. The Kier molecular flexibility index (Phi) is 3.04. The van der Waals surface area contributed by atoms with Gasteiger partial charge in [-0.15, -0.1) is 0 Å². The molecule has 0 aliphatic carbocycles. The fraction of sp³-hybridized carbons (Fsp3) is 0.167. The molecule has 0 radical (unpaired) electrons. The van der Waals surface area contributed by atoms with E-state index in [1.165, 1.54) is 0 Å². The van der Waals surface area contributed by atoms with Crippen molar-refractivity contribution in [3.63, 3.8) is 0 Å². The van der Waals surface area contributed by atoms with Gasteiger partial charge in [-0.1, -0.05) is 22.0 Å². The van der Waals surface area contributed by atoms with E-state index < -0.39 is 11.7 Å². The van der Waals surface area contributed by atoms with E-state index in [0.717, 1.165) is 22.8 Å². The Morgan fingerprint density at radius 2 is 2.05 bits per heavy atom. The Bertz CT molecular complexity index is 759. The molecule has 0 atom stereocenters. The number of alkyl halides is 4. The molecule has 20 heavy (non-hydrogen) atoms. The third kappa shape index (κ3) is 2.09. The lowest BCUT2D eigenvalue weighted by molar-refractivity contribution is -0.137. The van der Waals surface area contributed by atoms with Crippen molar-refractivity contribution in [3.05, 3.63) is 48.0 Å². The van der Waals surface area contributed by atoms with Gasteiger partial charge < -0.3 is 4.40 Å². The Balaban J connectivity index is 2.17. The number of hydrogen-bond acceptors (Lipinski definition) is 2. The number of rotatable bonds is 2. The van der Waals surface area contributed by atoms with Gasteiger partial charge in [-0.25, -0.2) is 9.67 Å². The van der Waals surface area contributed by atoms with Gasteiger partial charge in [0.15, 0.2) is 5.82 Å². The number of hydrogen-bond donors (Lipinski definition) is 0. The maximum Gasteiger partial charge on any atom is 0.419 e. The molecule has 3 aromatic rings. The first-order valence-corrected chi connectivity index (χ1v) is 6.77. The van der Waals surface area contributed by atoms with Crippen LogP contribution in [0.2, 0.25) is 0 Å². The quantitative estimate of drug-likeness (QED) is 0.667. The van der Waals surface area contributed by atoms with Crippen LogP contribution in [-0.4, -0.2) is 19.2 Å². The van der Waals surface area contributed by atoms with Gasteiger partial charge in [0.25, 0.3) is 0 Å². The lowest BCUT2D eigenvalue weighted by Gasteiger charge is -2.02. The molecule has 104 valence electrons. The van der Waals surface area contributed by atoms with Crippen LogP contribution in [0.5, 0.6) is 0 Å². The zero-order valence-electron chi connectivity index (χ0n) is 9.97. The average molecular weight is 345 g/mol. The topological polar surface area (TPSA) is 35.1 Å². The molecule has 3 rings (SSSR count). The van der Waals surface area contributed by atoms with Crippen molar-refractivity contribution in [1.82, 2.24) is 19.2 Å². The fourth-order valence-electron chi connectivity index (χ4n) is 1.93. The summed E-state index contributed by atoms with van der Waals surface area (Å²) >= 11 is 3.33. The summed E-state index contributed by atoms with van der Waals surface area (Å²) in [6.45, 7) is 0. The molecule has 0 aromatic carbocycles. The summed E-state index contributed by atoms with van der Waals surface area (Å²) in [7, 11) is 0. The molecule has 0 amide bonds. The molecule has 0 N–H and O–H groups in total. The van der Waals surface area contributed by atoms with Crippen LogP contribution >= 0.6 is 15.9 Å². The Morgan fingerprint density at radius 1 is 1.25 bits per heavy atom. The van der Waals surface area contributed by atoms with Gasteiger partial charge in [0.1, 0.15) is 5.65 Å². The van der Waals surface area contributed by atoms with E-state index in [0.29, 0.717) is 16.8 Å². The van der Waals surface area contributed by atoms with Crippen molar-refractivity contribution >= 4 is 21.6 Å². The molecule has 0 aliphatic rings.